The summed E-state index contributed by atoms with van der Waals surface area (Å²) < 4.78 is 13.1. The lowest BCUT2D eigenvalue weighted by molar-refractivity contribution is -0.123. The molecule has 0 aromatic heterocycles. The van der Waals surface area contributed by atoms with E-state index in [-0.39, 0.29) is 18.6 Å². The van der Waals surface area contributed by atoms with Crippen LogP contribution in [0.2, 0.25) is 10.0 Å². The molecule has 2 aromatic carbocycles. The topological polar surface area (TPSA) is 38.8 Å². The monoisotopic (exact) mass is 557 g/mol. The smallest absolute Gasteiger partial charge is 0.266 e. The van der Waals surface area contributed by atoms with Crippen LogP contribution in [-0.4, -0.2) is 34.4 Å². The van der Waals surface area contributed by atoms with Gasteiger partial charge in [-0.3, -0.25) is 9.69 Å². The van der Waals surface area contributed by atoms with Crippen molar-refractivity contribution >= 4 is 79.4 Å². The zero-order chi connectivity index (χ0) is 22.0. The number of thioether (sulfide) groups is 1. The molecule has 0 bridgehead atoms. The van der Waals surface area contributed by atoms with Gasteiger partial charge in [0.2, 0.25) is 0 Å². The Hall–Kier alpha value is -1.09. The number of thiocarbonyl (C=S) groups is 1. The van der Waals surface area contributed by atoms with E-state index in [9.17, 15) is 4.79 Å². The van der Waals surface area contributed by atoms with E-state index < -0.39 is 0 Å². The lowest BCUT2D eigenvalue weighted by Gasteiger charge is -2.18. The molecule has 2 aliphatic rings. The molecule has 0 unspecified atom stereocenters. The highest BCUT2D eigenvalue weighted by atomic mass is 79.9. The molecule has 0 aliphatic carbocycles. The van der Waals surface area contributed by atoms with E-state index in [1.165, 1.54) is 11.8 Å². The highest BCUT2D eigenvalue weighted by molar-refractivity contribution is 9.10. The van der Waals surface area contributed by atoms with Gasteiger partial charge in [-0.1, -0.05) is 69.2 Å². The number of ether oxygens (including phenoxy) is 2. The number of nitrogens with zero attached hydrogens (tertiary/aromatic N) is 1. The van der Waals surface area contributed by atoms with Crippen molar-refractivity contribution in [2.45, 2.75) is 25.6 Å². The van der Waals surface area contributed by atoms with Gasteiger partial charge in [0.1, 0.15) is 16.7 Å². The number of amides is 1. The fourth-order valence-electron chi connectivity index (χ4n) is 3.35. The Labute approximate surface area is 209 Å². The van der Waals surface area contributed by atoms with Gasteiger partial charge in [-0.05, 0) is 49.2 Å². The third-order valence-electron chi connectivity index (χ3n) is 4.94. The maximum absolute atomic E-state index is 13.0. The Morgan fingerprint density at radius 3 is 2.87 bits per heavy atom. The number of rotatable bonds is 6. The molecule has 4 nitrogen and oxygen atoms in total. The van der Waals surface area contributed by atoms with Gasteiger partial charge < -0.3 is 9.47 Å². The van der Waals surface area contributed by atoms with Gasteiger partial charge in [-0.25, -0.2) is 0 Å². The van der Waals surface area contributed by atoms with Crippen LogP contribution >= 0.6 is 63.1 Å². The summed E-state index contributed by atoms with van der Waals surface area (Å²) in [6.07, 6.45) is 3.84. The first-order valence-corrected chi connectivity index (χ1v) is 12.4. The van der Waals surface area contributed by atoms with Crippen LogP contribution in [0.4, 0.5) is 0 Å². The third kappa shape index (κ3) is 5.64. The molecule has 0 spiro atoms. The van der Waals surface area contributed by atoms with Crippen LogP contribution in [0.25, 0.3) is 6.08 Å². The minimum absolute atomic E-state index is 0.0516. The summed E-state index contributed by atoms with van der Waals surface area (Å²) in [5.41, 5.74) is 1.60. The van der Waals surface area contributed by atoms with Gasteiger partial charge >= 0.3 is 0 Å². The molecule has 2 fully saturated rings. The van der Waals surface area contributed by atoms with Crippen LogP contribution in [0.15, 0.2) is 45.8 Å². The highest BCUT2D eigenvalue weighted by Gasteiger charge is 2.34. The summed E-state index contributed by atoms with van der Waals surface area (Å²) in [6, 6.07) is 10.9. The molecule has 0 radical (unpaired) electrons. The number of carbonyl (C=O) groups excluding carboxylic acids is 1. The summed E-state index contributed by atoms with van der Waals surface area (Å²) in [6.45, 7) is 1.52. The molecule has 31 heavy (non-hydrogen) atoms. The minimum atomic E-state index is -0.0998. The normalized spacial score (nSPS) is 20.2. The second-order valence-electron chi connectivity index (χ2n) is 7.13. The van der Waals surface area contributed by atoms with Gasteiger partial charge in [0.05, 0.1) is 17.6 Å². The summed E-state index contributed by atoms with van der Waals surface area (Å²) in [5.74, 6) is 0.538. The first-order valence-electron chi connectivity index (χ1n) is 9.64. The van der Waals surface area contributed by atoms with Crippen LogP contribution < -0.4 is 4.74 Å². The van der Waals surface area contributed by atoms with Gasteiger partial charge in [0.25, 0.3) is 5.91 Å². The molecule has 4 rings (SSSR count). The highest BCUT2D eigenvalue weighted by Crippen LogP contribution is 2.36. The summed E-state index contributed by atoms with van der Waals surface area (Å²) in [4.78, 5) is 15.2. The Bertz CT molecular complexity index is 1060. The molecule has 162 valence electrons. The molecule has 2 saturated heterocycles. The number of halogens is 3. The number of carbonyl (C=O) groups is 1. The van der Waals surface area contributed by atoms with Crippen LogP contribution in [0.5, 0.6) is 5.75 Å². The number of hydrogen-bond acceptors (Lipinski definition) is 5. The average Bonchev–Trinajstić information content (AvgIpc) is 3.33. The van der Waals surface area contributed by atoms with Crippen molar-refractivity contribution in [2.75, 3.05) is 13.2 Å². The molecule has 1 atom stereocenters. The second kappa shape index (κ2) is 10.2. The molecule has 1 amide bonds. The van der Waals surface area contributed by atoms with Gasteiger partial charge in [0.15, 0.2) is 0 Å². The van der Waals surface area contributed by atoms with E-state index >= 15 is 0 Å². The fraction of sp³-hybridized carbons (Fsp3) is 0.273. The van der Waals surface area contributed by atoms with Crippen molar-refractivity contribution in [3.8, 4) is 5.75 Å². The van der Waals surface area contributed by atoms with Crippen molar-refractivity contribution < 1.29 is 14.3 Å². The van der Waals surface area contributed by atoms with E-state index in [2.05, 4.69) is 15.9 Å². The lowest BCUT2D eigenvalue weighted by atomic mass is 10.1. The predicted molar refractivity (Wildman–Crippen MR) is 134 cm³/mol. The maximum atomic E-state index is 13.0. The number of benzene rings is 2. The van der Waals surface area contributed by atoms with Gasteiger partial charge in [-0.15, -0.1) is 0 Å². The summed E-state index contributed by atoms with van der Waals surface area (Å²) in [7, 11) is 0. The molecule has 0 saturated carbocycles. The van der Waals surface area contributed by atoms with Crippen LogP contribution in [0, 0.1) is 0 Å². The molecule has 0 N–H and O–H groups in total. The van der Waals surface area contributed by atoms with Crippen molar-refractivity contribution in [1.29, 1.82) is 0 Å². The maximum Gasteiger partial charge on any atom is 0.266 e. The zero-order valence-electron chi connectivity index (χ0n) is 16.3. The largest absolute Gasteiger partial charge is 0.488 e. The van der Waals surface area contributed by atoms with E-state index in [0.717, 1.165) is 35.0 Å². The molecule has 9 heteroatoms. The van der Waals surface area contributed by atoms with Gasteiger partial charge in [-0.2, -0.15) is 0 Å². The van der Waals surface area contributed by atoms with Crippen molar-refractivity contribution in [1.82, 2.24) is 4.90 Å². The van der Waals surface area contributed by atoms with Crippen LogP contribution in [0.3, 0.4) is 0 Å². The molecular formula is C22H18BrCl2NO3S2. The first-order chi connectivity index (χ1) is 14.9. The molecule has 2 heterocycles. The molecular weight excluding hydrogens is 541 g/mol. The Morgan fingerprint density at radius 2 is 2.13 bits per heavy atom. The van der Waals surface area contributed by atoms with E-state index in [4.69, 9.17) is 44.9 Å². The zero-order valence-corrected chi connectivity index (χ0v) is 21.0. The predicted octanol–water partition coefficient (Wildman–Crippen LogP) is 6.72. The van der Waals surface area contributed by atoms with E-state index in [0.29, 0.717) is 31.6 Å². The second-order valence-corrected chi connectivity index (χ2v) is 10.6. The SMILES string of the molecule is O=C1/C(=C/c2cc(Br)ccc2OCc2ccc(Cl)cc2Cl)SC(=S)N1C[C@H]1CCCO1. The lowest BCUT2D eigenvalue weighted by Crippen LogP contribution is -2.35. The Kier molecular flexibility index (Phi) is 7.62. The first kappa shape index (κ1) is 23.1. The molecule has 2 aromatic rings. The van der Waals surface area contributed by atoms with E-state index in [1.807, 2.05) is 30.3 Å². The minimum Gasteiger partial charge on any atom is -0.488 e. The number of hydrogen-bond donors (Lipinski definition) is 0. The fourth-order valence-corrected chi connectivity index (χ4v) is 5.46. The van der Waals surface area contributed by atoms with Crippen LogP contribution in [0.1, 0.15) is 24.0 Å². The van der Waals surface area contributed by atoms with Crippen molar-refractivity contribution in [3.63, 3.8) is 0 Å². The Balaban J connectivity index is 1.53. The van der Waals surface area contributed by atoms with E-state index in [1.54, 1.807) is 17.0 Å². The Morgan fingerprint density at radius 1 is 1.29 bits per heavy atom. The summed E-state index contributed by atoms with van der Waals surface area (Å²) >= 11 is 22.5. The quantitative estimate of drug-likeness (QED) is 0.291. The van der Waals surface area contributed by atoms with Crippen molar-refractivity contribution in [3.05, 3.63) is 66.9 Å². The standard InChI is InChI=1S/C22H18BrCl2NO3S2/c23-15-4-6-19(29-12-13-3-5-16(24)10-18(13)25)14(8-15)9-20-21(27)26(22(30)31-20)11-17-2-1-7-28-17/h3-6,8-10,17H,1-2,7,11-12H2/b20-9-/t17-/m1/s1. The third-order valence-corrected chi connectivity index (χ3v) is 7.40. The van der Waals surface area contributed by atoms with Crippen LogP contribution in [-0.2, 0) is 16.1 Å². The van der Waals surface area contributed by atoms with Crippen molar-refractivity contribution in [2.24, 2.45) is 0 Å². The summed E-state index contributed by atoms with van der Waals surface area (Å²) in [5, 5.41) is 1.12. The van der Waals surface area contributed by atoms with Gasteiger partial charge in [0, 0.05) is 32.3 Å². The average molecular weight is 559 g/mol. The molecule has 2 aliphatic heterocycles.